The number of rotatable bonds is 8. The van der Waals surface area contributed by atoms with Crippen molar-refractivity contribution in [3.8, 4) is 11.3 Å². The highest BCUT2D eigenvalue weighted by Crippen LogP contribution is 2.27. The quantitative estimate of drug-likeness (QED) is 0.430. The topological polar surface area (TPSA) is 64.0 Å². The number of amides is 1. The molecule has 0 radical (unpaired) electrons. The zero-order valence-electron chi connectivity index (χ0n) is 18.6. The van der Waals surface area contributed by atoms with Crippen molar-refractivity contribution in [1.82, 2.24) is 15.1 Å². The van der Waals surface area contributed by atoms with Crippen LogP contribution in [0, 0.1) is 0 Å². The molecule has 4 rings (SSSR count). The maximum atomic E-state index is 12.9. The number of aromatic nitrogens is 2. The molecule has 1 heterocycles. The maximum Gasteiger partial charge on any atom is 0.267 e. The van der Waals surface area contributed by atoms with Crippen molar-refractivity contribution in [2.75, 3.05) is 6.54 Å². The van der Waals surface area contributed by atoms with Crippen LogP contribution in [-0.4, -0.2) is 22.2 Å². The first kappa shape index (κ1) is 22.2. The van der Waals surface area contributed by atoms with Crippen LogP contribution < -0.4 is 10.9 Å². The van der Waals surface area contributed by atoms with Gasteiger partial charge in [0, 0.05) is 24.1 Å². The second kappa shape index (κ2) is 10.6. The zero-order chi connectivity index (χ0) is 23.0. The summed E-state index contributed by atoms with van der Waals surface area (Å²) in [7, 11) is 0. The Morgan fingerprint density at radius 2 is 1.36 bits per heavy atom. The normalized spacial score (nSPS) is 11.8. The Morgan fingerprint density at radius 3 is 1.94 bits per heavy atom. The molecular formula is C28H27N3O2. The lowest BCUT2D eigenvalue weighted by atomic mass is 9.88. The summed E-state index contributed by atoms with van der Waals surface area (Å²) < 4.78 is 1.25. The molecule has 0 spiro atoms. The lowest BCUT2D eigenvalue weighted by Crippen LogP contribution is -2.37. The van der Waals surface area contributed by atoms with Crippen molar-refractivity contribution in [3.63, 3.8) is 0 Å². The van der Waals surface area contributed by atoms with Crippen LogP contribution in [-0.2, 0) is 4.79 Å². The Morgan fingerprint density at radius 1 is 0.818 bits per heavy atom. The molecule has 5 heteroatoms. The van der Waals surface area contributed by atoms with Crippen LogP contribution in [0.25, 0.3) is 11.3 Å². The molecule has 1 aromatic heterocycles. The smallest absolute Gasteiger partial charge is 0.267 e. The van der Waals surface area contributed by atoms with E-state index in [1.807, 2.05) is 66.7 Å². The van der Waals surface area contributed by atoms with Crippen molar-refractivity contribution < 1.29 is 4.79 Å². The Bertz CT molecular complexity index is 1200. The lowest BCUT2D eigenvalue weighted by molar-refractivity contribution is -0.124. The van der Waals surface area contributed by atoms with Crippen LogP contribution in [0.2, 0.25) is 0 Å². The van der Waals surface area contributed by atoms with E-state index in [0.29, 0.717) is 12.2 Å². The van der Waals surface area contributed by atoms with Gasteiger partial charge in [-0.25, -0.2) is 4.68 Å². The summed E-state index contributed by atoms with van der Waals surface area (Å²) >= 11 is 0. The summed E-state index contributed by atoms with van der Waals surface area (Å²) in [6.07, 6.45) is 0.749. The molecule has 1 N–H and O–H groups in total. The molecule has 166 valence electrons. The molecule has 1 amide bonds. The van der Waals surface area contributed by atoms with Gasteiger partial charge in [0.2, 0.25) is 5.91 Å². The molecule has 0 saturated carbocycles. The lowest BCUT2D eigenvalue weighted by Gasteiger charge is -2.20. The molecule has 1 atom stereocenters. The van der Waals surface area contributed by atoms with Gasteiger partial charge in [-0.1, -0.05) is 91.0 Å². The van der Waals surface area contributed by atoms with Gasteiger partial charge in [-0.05, 0) is 30.5 Å². The van der Waals surface area contributed by atoms with Crippen molar-refractivity contribution in [3.05, 3.63) is 125 Å². The number of carbonyl (C=O) groups excluding carboxylic acids is 1. The second-order valence-electron chi connectivity index (χ2n) is 8.00. The highest BCUT2D eigenvalue weighted by Gasteiger charge is 2.19. The number of nitrogens with zero attached hydrogens (tertiary/aromatic N) is 2. The number of hydrogen-bond acceptors (Lipinski definition) is 3. The number of nitrogens with one attached hydrogen (secondary N) is 1. The highest BCUT2D eigenvalue weighted by molar-refractivity contribution is 5.79. The first-order chi connectivity index (χ1) is 16.1. The molecule has 0 aliphatic carbocycles. The van der Waals surface area contributed by atoms with Gasteiger partial charge in [-0.15, -0.1) is 0 Å². The maximum absolute atomic E-state index is 12.9. The molecule has 0 fully saturated rings. The zero-order valence-corrected chi connectivity index (χ0v) is 18.6. The molecule has 5 nitrogen and oxygen atoms in total. The average Bonchev–Trinajstić information content (AvgIpc) is 2.88. The highest BCUT2D eigenvalue weighted by atomic mass is 16.2. The van der Waals surface area contributed by atoms with E-state index in [0.717, 1.165) is 12.0 Å². The van der Waals surface area contributed by atoms with Gasteiger partial charge in [-0.3, -0.25) is 9.59 Å². The number of carbonyl (C=O) groups is 1. The van der Waals surface area contributed by atoms with Gasteiger partial charge in [0.05, 0.1) is 5.69 Å². The fraction of sp³-hybridized carbons (Fsp3) is 0.179. The molecule has 0 aliphatic rings. The van der Waals surface area contributed by atoms with Crippen molar-refractivity contribution >= 4 is 5.91 Å². The predicted octanol–water partition coefficient (Wildman–Crippen LogP) is 4.81. The van der Waals surface area contributed by atoms with Gasteiger partial charge in [0.25, 0.3) is 5.56 Å². The Kier molecular flexibility index (Phi) is 7.10. The van der Waals surface area contributed by atoms with Crippen LogP contribution in [0.5, 0.6) is 0 Å². The summed E-state index contributed by atoms with van der Waals surface area (Å²) in [5, 5.41) is 7.44. The summed E-state index contributed by atoms with van der Waals surface area (Å²) in [5.74, 6) is -0.0556. The SMILES string of the molecule is CC(C(=O)NCCC(c1ccccc1)c1ccccc1)n1nc(-c2ccccc2)ccc1=O. The molecule has 3 aromatic carbocycles. The Labute approximate surface area is 193 Å². The first-order valence-electron chi connectivity index (χ1n) is 11.2. The molecule has 0 saturated heterocycles. The molecule has 0 bridgehead atoms. The van der Waals surface area contributed by atoms with Gasteiger partial charge in [-0.2, -0.15) is 5.10 Å². The van der Waals surface area contributed by atoms with Gasteiger partial charge in [0.15, 0.2) is 0 Å². The third-order valence-corrected chi connectivity index (χ3v) is 5.78. The van der Waals surface area contributed by atoms with Gasteiger partial charge >= 0.3 is 0 Å². The fourth-order valence-electron chi connectivity index (χ4n) is 3.96. The minimum Gasteiger partial charge on any atom is -0.354 e. The number of hydrogen-bond donors (Lipinski definition) is 1. The molecule has 33 heavy (non-hydrogen) atoms. The molecule has 4 aromatic rings. The van der Waals surface area contributed by atoms with Crippen molar-refractivity contribution in [2.45, 2.75) is 25.3 Å². The van der Waals surface area contributed by atoms with E-state index in [9.17, 15) is 9.59 Å². The van der Waals surface area contributed by atoms with Crippen LogP contribution in [0.3, 0.4) is 0 Å². The van der Waals surface area contributed by atoms with Crippen molar-refractivity contribution in [1.29, 1.82) is 0 Å². The van der Waals surface area contributed by atoms with E-state index in [2.05, 4.69) is 34.7 Å². The summed E-state index contributed by atoms with van der Waals surface area (Å²) in [6.45, 7) is 2.19. The van der Waals surface area contributed by atoms with Gasteiger partial charge in [0.1, 0.15) is 6.04 Å². The molecular weight excluding hydrogens is 410 g/mol. The van der Waals surface area contributed by atoms with Crippen LogP contribution in [0.4, 0.5) is 0 Å². The standard InChI is InChI=1S/C28H27N3O2/c1-21(31-27(32)18-17-26(30-31)24-15-9-4-10-16-24)28(33)29-20-19-25(22-11-5-2-6-12-22)23-13-7-3-8-14-23/h2-18,21,25H,19-20H2,1H3,(H,29,33). The van der Waals surface area contributed by atoms with Crippen molar-refractivity contribution in [2.24, 2.45) is 0 Å². The van der Waals surface area contributed by atoms with Crippen LogP contribution in [0.15, 0.2) is 108 Å². The van der Waals surface area contributed by atoms with Crippen LogP contribution in [0.1, 0.15) is 36.4 Å². The summed E-state index contributed by atoms with van der Waals surface area (Å²) in [5.41, 5.74) is 3.66. The van der Waals surface area contributed by atoms with E-state index < -0.39 is 6.04 Å². The molecule has 1 unspecified atom stereocenters. The summed E-state index contributed by atoms with van der Waals surface area (Å²) in [4.78, 5) is 25.3. The van der Waals surface area contributed by atoms with E-state index in [1.54, 1.807) is 13.0 Å². The minimum atomic E-state index is -0.715. The monoisotopic (exact) mass is 437 g/mol. The Balaban J connectivity index is 1.45. The Hall–Kier alpha value is -3.99. The third kappa shape index (κ3) is 5.44. The summed E-state index contributed by atoms with van der Waals surface area (Å²) in [6, 6.07) is 32.6. The largest absolute Gasteiger partial charge is 0.354 e. The number of benzene rings is 3. The second-order valence-corrected chi connectivity index (χ2v) is 8.00. The van der Waals surface area contributed by atoms with Crippen LogP contribution >= 0.6 is 0 Å². The predicted molar refractivity (Wildman–Crippen MR) is 131 cm³/mol. The minimum absolute atomic E-state index is 0.172. The first-order valence-corrected chi connectivity index (χ1v) is 11.2. The fourth-order valence-corrected chi connectivity index (χ4v) is 3.96. The van der Waals surface area contributed by atoms with E-state index in [1.165, 1.54) is 21.9 Å². The van der Waals surface area contributed by atoms with E-state index in [-0.39, 0.29) is 17.4 Å². The third-order valence-electron chi connectivity index (χ3n) is 5.78. The van der Waals surface area contributed by atoms with E-state index >= 15 is 0 Å². The molecule has 0 aliphatic heterocycles. The average molecular weight is 438 g/mol. The van der Waals surface area contributed by atoms with Gasteiger partial charge < -0.3 is 5.32 Å². The van der Waals surface area contributed by atoms with E-state index in [4.69, 9.17) is 0 Å².